The van der Waals surface area contributed by atoms with Crippen LogP contribution in [0.4, 0.5) is 0 Å². The molecule has 2 heterocycles. The molecule has 2 N–H and O–H groups in total. The fraction of sp³-hybridized carbons (Fsp3) is 0.0909. The highest BCUT2D eigenvalue weighted by Crippen LogP contribution is 2.21. The van der Waals surface area contributed by atoms with Gasteiger partial charge in [0.2, 0.25) is 0 Å². The van der Waals surface area contributed by atoms with E-state index in [9.17, 15) is 4.79 Å². The molecule has 0 saturated carbocycles. The number of aromatic nitrogens is 3. The van der Waals surface area contributed by atoms with Crippen molar-refractivity contribution in [3.05, 3.63) is 40.5 Å². The Morgan fingerprint density at radius 1 is 1.31 bits per heavy atom. The van der Waals surface area contributed by atoms with E-state index in [1.807, 2.05) is 25.1 Å². The first-order valence-corrected chi connectivity index (χ1v) is 4.87. The topological polar surface area (TPSA) is 74.7 Å². The van der Waals surface area contributed by atoms with E-state index in [2.05, 4.69) is 15.2 Å². The quantitative estimate of drug-likeness (QED) is 0.650. The van der Waals surface area contributed by atoms with E-state index in [1.165, 1.54) is 0 Å². The number of H-pyrrole nitrogens is 2. The molecule has 0 radical (unpaired) electrons. The van der Waals surface area contributed by atoms with E-state index < -0.39 is 5.76 Å². The van der Waals surface area contributed by atoms with Crippen molar-refractivity contribution in [1.29, 1.82) is 0 Å². The summed E-state index contributed by atoms with van der Waals surface area (Å²) in [4.78, 5) is 13.6. The third kappa shape index (κ3) is 1.33. The number of fused-ring (bicyclic) bond motifs is 1. The highest BCUT2D eigenvalue weighted by molar-refractivity contribution is 5.78. The second-order valence-electron chi connectivity index (χ2n) is 3.66. The summed E-state index contributed by atoms with van der Waals surface area (Å²) in [5.41, 5.74) is 4.02. The van der Waals surface area contributed by atoms with Crippen molar-refractivity contribution in [2.24, 2.45) is 0 Å². The molecular weight excluding hydrogens is 206 g/mol. The van der Waals surface area contributed by atoms with Gasteiger partial charge in [0.15, 0.2) is 5.58 Å². The second-order valence-corrected chi connectivity index (χ2v) is 3.66. The molecule has 5 heteroatoms. The van der Waals surface area contributed by atoms with Gasteiger partial charge >= 0.3 is 5.76 Å². The third-order valence-corrected chi connectivity index (χ3v) is 2.42. The van der Waals surface area contributed by atoms with Crippen molar-refractivity contribution in [3.63, 3.8) is 0 Å². The van der Waals surface area contributed by atoms with Crippen LogP contribution in [0.1, 0.15) is 5.69 Å². The highest BCUT2D eigenvalue weighted by Gasteiger charge is 2.05. The molecule has 0 spiro atoms. The first kappa shape index (κ1) is 8.96. The van der Waals surface area contributed by atoms with Crippen LogP contribution in [-0.4, -0.2) is 15.2 Å². The number of aryl methyl sites for hydroxylation is 1. The molecule has 0 unspecified atom stereocenters. The summed E-state index contributed by atoms with van der Waals surface area (Å²) >= 11 is 0. The molecule has 2 aromatic heterocycles. The summed E-state index contributed by atoms with van der Waals surface area (Å²) in [6, 6.07) is 7.41. The van der Waals surface area contributed by atoms with Crippen LogP contribution in [0.15, 0.2) is 33.5 Å². The van der Waals surface area contributed by atoms with Gasteiger partial charge in [-0.15, -0.1) is 0 Å². The normalized spacial score (nSPS) is 11.1. The number of aromatic amines is 2. The predicted molar refractivity (Wildman–Crippen MR) is 59.2 cm³/mol. The average molecular weight is 215 g/mol. The van der Waals surface area contributed by atoms with E-state index in [0.717, 1.165) is 17.0 Å². The lowest BCUT2D eigenvalue weighted by Gasteiger charge is -1.94. The largest absolute Gasteiger partial charge is 0.417 e. The summed E-state index contributed by atoms with van der Waals surface area (Å²) in [5.74, 6) is -0.439. The van der Waals surface area contributed by atoms with Gasteiger partial charge in [-0.3, -0.25) is 10.1 Å². The standard InChI is InChI=1S/C11H9N3O2/c1-6-4-8(14-13-6)7-2-3-10-9(5-7)12-11(15)16-10/h2-5H,1H3,(H,12,15)(H,13,14). The molecular formula is C11H9N3O2. The molecule has 16 heavy (non-hydrogen) atoms. The average Bonchev–Trinajstić information content (AvgIpc) is 2.81. The van der Waals surface area contributed by atoms with Gasteiger partial charge in [0.05, 0.1) is 11.2 Å². The fourth-order valence-corrected chi connectivity index (χ4v) is 1.68. The Bertz CT molecular complexity index is 705. The van der Waals surface area contributed by atoms with Crippen molar-refractivity contribution < 1.29 is 4.42 Å². The molecule has 5 nitrogen and oxygen atoms in total. The monoisotopic (exact) mass is 215 g/mol. The van der Waals surface area contributed by atoms with Gasteiger partial charge in [0, 0.05) is 11.3 Å². The van der Waals surface area contributed by atoms with Crippen molar-refractivity contribution in [2.45, 2.75) is 6.92 Å². The molecule has 0 fully saturated rings. The van der Waals surface area contributed by atoms with Crippen LogP contribution in [0.3, 0.4) is 0 Å². The van der Waals surface area contributed by atoms with Gasteiger partial charge in [-0.1, -0.05) is 0 Å². The van der Waals surface area contributed by atoms with Gasteiger partial charge in [-0.05, 0) is 31.2 Å². The molecule has 0 aliphatic heterocycles. The fourth-order valence-electron chi connectivity index (χ4n) is 1.68. The van der Waals surface area contributed by atoms with Gasteiger partial charge in [-0.25, -0.2) is 4.79 Å². The van der Waals surface area contributed by atoms with Crippen molar-refractivity contribution in [3.8, 4) is 11.3 Å². The molecule has 3 rings (SSSR count). The number of benzene rings is 1. The zero-order valence-electron chi connectivity index (χ0n) is 8.57. The van der Waals surface area contributed by atoms with E-state index in [1.54, 1.807) is 6.07 Å². The van der Waals surface area contributed by atoms with Crippen LogP contribution in [0.5, 0.6) is 0 Å². The first-order valence-electron chi connectivity index (χ1n) is 4.87. The number of rotatable bonds is 1. The second kappa shape index (κ2) is 3.10. The maximum absolute atomic E-state index is 11.0. The Hall–Kier alpha value is -2.30. The molecule has 3 aromatic rings. The third-order valence-electron chi connectivity index (χ3n) is 2.42. The zero-order chi connectivity index (χ0) is 11.1. The molecule has 0 bridgehead atoms. The summed E-state index contributed by atoms with van der Waals surface area (Å²) < 4.78 is 4.92. The molecule has 0 saturated heterocycles. The van der Waals surface area contributed by atoms with E-state index in [0.29, 0.717) is 11.1 Å². The molecule has 1 aromatic carbocycles. The minimum Gasteiger partial charge on any atom is -0.408 e. The summed E-state index contributed by atoms with van der Waals surface area (Å²) in [7, 11) is 0. The number of hydrogen-bond acceptors (Lipinski definition) is 3. The van der Waals surface area contributed by atoms with Crippen LogP contribution in [-0.2, 0) is 0 Å². The van der Waals surface area contributed by atoms with Crippen molar-refractivity contribution in [2.75, 3.05) is 0 Å². The Morgan fingerprint density at radius 2 is 2.19 bits per heavy atom. The molecule has 0 amide bonds. The zero-order valence-corrected chi connectivity index (χ0v) is 8.57. The Kier molecular flexibility index (Phi) is 1.73. The summed E-state index contributed by atoms with van der Waals surface area (Å²) in [6.07, 6.45) is 0. The molecule has 80 valence electrons. The number of nitrogens with zero attached hydrogens (tertiary/aromatic N) is 1. The van der Waals surface area contributed by atoms with Crippen LogP contribution >= 0.6 is 0 Å². The van der Waals surface area contributed by atoms with Crippen LogP contribution in [0, 0.1) is 6.92 Å². The first-order chi connectivity index (χ1) is 7.72. The maximum atomic E-state index is 11.0. The van der Waals surface area contributed by atoms with Crippen LogP contribution < -0.4 is 5.76 Å². The minimum absolute atomic E-state index is 0.439. The number of nitrogens with one attached hydrogen (secondary N) is 2. The molecule has 0 aliphatic carbocycles. The Morgan fingerprint density at radius 3 is 2.94 bits per heavy atom. The summed E-state index contributed by atoms with van der Waals surface area (Å²) in [5, 5.41) is 7.03. The van der Waals surface area contributed by atoms with Crippen molar-refractivity contribution >= 4 is 11.1 Å². The molecule has 0 atom stereocenters. The SMILES string of the molecule is Cc1cc(-c2ccc3oc(=O)[nH]c3c2)n[nH]1. The van der Waals surface area contributed by atoms with Gasteiger partial charge < -0.3 is 4.42 Å². The highest BCUT2D eigenvalue weighted by atomic mass is 16.4. The van der Waals surface area contributed by atoms with Crippen LogP contribution in [0.25, 0.3) is 22.4 Å². The predicted octanol–water partition coefficient (Wildman–Crippen LogP) is 1.82. The maximum Gasteiger partial charge on any atom is 0.417 e. The minimum atomic E-state index is -0.439. The van der Waals surface area contributed by atoms with E-state index >= 15 is 0 Å². The Labute approximate surface area is 90.1 Å². The lowest BCUT2D eigenvalue weighted by Crippen LogP contribution is -1.92. The van der Waals surface area contributed by atoms with Crippen LogP contribution in [0.2, 0.25) is 0 Å². The smallest absolute Gasteiger partial charge is 0.408 e. The Balaban J connectivity index is 2.21. The number of oxazole rings is 1. The van der Waals surface area contributed by atoms with Gasteiger partial charge in [0.1, 0.15) is 0 Å². The lowest BCUT2D eigenvalue weighted by molar-refractivity contribution is 0.555. The lowest BCUT2D eigenvalue weighted by atomic mass is 10.1. The summed E-state index contributed by atoms with van der Waals surface area (Å²) in [6.45, 7) is 1.94. The van der Waals surface area contributed by atoms with E-state index in [-0.39, 0.29) is 0 Å². The van der Waals surface area contributed by atoms with E-state index in [4.69, 9.17) is 4.42 Å². The van der Waals surface area contributed by atoms with Gasteiger partial charge in [0.25, 0.3) is 0 Å². The van der Waals surface area contributed by atoms with Gasteiger partial charge in [-0.2, -0.15) is 5.10 Å². The van der Waals surface area contributed by atoms with Crippen molar-refractivity contribution in [1.82, 2.24) is 15.2 Å². The molecule has 0 aliphatic rings. The number of hydrogen-bond donors (Lipinski definition) is 2.